The van der Waals surface area contributed by atoms with Crippen molar-refractivity contribution < 1.29 is 23.4 Å². The van der Waals surface area contributed by atoms with Gasteiger partial charge in [-0.05, 0) is 36.8 Å². The highest BCUT2D eigenvalue weighted by Gasteiger charge is 2.14. The number of esters is 1. The van der Waals surface area contributed by atoms with E-state index in [0.29, 0.717) is 57.4 Å². The molecule has 0 aliphatic carbocycles. The number of ether oxygens (including phenoxy) is 3. The van der Waals surface area contributed by atoms with Crippen LogP contribution in [0, 0.1) is 0 Å². The summed E-state index contributed by atoms with van der Waals surface area (Å²) in [6.45, 7) is 0.331. The van der Waals surface area contributed by atoms with E-state index in [9.17, 15) is 9.59 Å². The molecule has 0 bridgehead atoms. The number of hydrogen-bond donors (Lipinski definition) is 0. The summed E-state index contributed by atoms with van der Waals surface area (Å²) in [6, 6.07) is 19.1. The molecule has 0 radical (unpaired) electrons. The Bertz CT molecular complexity index is 1340. The Morgan fingerprint density at radius 1 is 0.970 bits per heavy atom. The van der Waals surface area contributed by atoms with Crippen LogP contribution in [-0.2, 0) is 4.79 Å². The zero-order chi connectivity index (χ0) is 23.2. The lowest BCUT2D eigenvalue weighted by atomic mass is 10.0. The van der Waals surface area contributed by atoms with Gasteiger partial charge in [0.25, 0.3) is 0 Å². The zero-order valence-corrected chi connectivity index (χ0v) is 18.6. The molecule has 0 atom stereocenters. The Morgan fingerprint density at radius 2 is 1.73 bits per heavy atom. The molecule has 0 N–H and O–H groups in total. The normalized spacial score (nSPS) is 10.7. The minimum atomic E-state index is -0.412. The van der Waals surface area contributed by atoms with Crippen LogP contribution in [0.2, 0.25) is 5.02 Å². The first kappa shape index (κ1) is 22.4. The second kappa shape index (κ2) is 10.2. The molecule has 7 heteroatoms. The van der Waals surface area contributed by atoms with Gasteiger partial charge < -0.3 is 18.6 Å². The number of fused-ring (bicyclic) bond motifs is 1. The maximum Gasteiger partial charge on any atom is 0.311 e. The van der Waals surface area contributed by atoms with Crippen LogP contribution in [0.1, 0.15) is 12.8 Å². The molecule has 3 aromatic carbocycles. The van der Waals surface area contributed by atoms with E-state index >= 15 is 0 Å². The second-order valence-corrected chi connectivity index (χ2v) is 7.60. The standard InChI is InChI=1S/C26H21ClO6/c1-30-22-9-4-2-7-18(22)20-16-32-24-15-17(12-13-19(24)26(20)29)33-25(28)11-6-14-31-23-10-5-3-8-21(23)27/h2-5,7-10,12-13,15-16H,6,11,14H2,1H3. The van der Waals surface area contributed by atoms with Crippen LogP contribution < -0.4 is 19.6 Å². The quantitative estimate of drug-likeness (QED) is 0.184. The van der Waals surface area contributed by atoms with Crippen molar-refractivity contribution in [3.05, 3.63) is 88.2 Å². The molecule has 0 saturated heterocycles. The molecule has 168 valence electrons. The zero-order valence-electron chi connectivity index (χ0n) is 17.9. The smallest absolute Gasteiger partial charge is 0.311 e. The number of benzene rings is 3. The highest BCUT2D eigenvalue weighted by molar-refractivity contribution is 6.32. The fourth-order valence-corrected chi connectivity index (χ4v) is 3.56. The average Bonchev–Trinajstić information content (AvgIpc) is 2.83. The minimum Gasteiger partial charge on any atom is -0.496 e. The van der Waals surface area contributed by atoms with Crippen molar-refractivity contribution in [1.82, 2.24) is 0 Å². The third kappa shape index (κ3) is 5.18. The molecule has 0 fully saturated rings. The Balaban J connectivity index is 1.41. The first-order valence-corrected chi connectivity index (χ1v) is 10.7. The van der Waals surface area contributed by atoms with Crippen LogP contribution in [0.25, 0.3) is 22.1 Å². The summed E-state index contributed by atoms with van der Waals surface area (Å²) in [5, 5.41) is 0.901. The first-order valence-electron chi connectivity index (χ1n) is 10.3. The molecule has 0 amide bonds. The number of carbonyl (C=O) groups excluding carboxylic acids is 1. The van der Waals surface area contributed by atoms with Crippen molar-refractivity contribution in [2.24, 2.45) is 0 Å². The topological polar surface area (TPSA) is 75.0 Å². The van der Waals surface area contributed by atoms with Gasteiger partial charge in [-0.25, -0.2) is 0 Å². The van der Waals surface area contributed by atoms with Gasteiger partial charge in [-0.1, -0.05) is 41.9 Å². The third-order valence-electron chi connectivity index (χ3n) is 4.99. The van der Waals surface area contributed by atoms with Gasteiger partial charge in [0, 0.05) is 18.1 Å². The summed E-state index contributed by atoms with van der Waals surface area (Å²) >= 11 is 6.04. The van der Waals surface area contributed by atoms with E-state index in [2.05, 4.69) is 0 Å². The number of halogens is 1. The molecule has 0 unspecified atom stereocenters. The summed E-state index contributed by atoms with van der Waals surface area (Å²) < 4.78 is 22.0. The van der Waals surface area contributed by atoms with Crippen molar-refractivity contribution >= 4 is 28.5 Å². The average molecular weight is 465 g/mol. The van der Waals surface area contributed by atoms with Gasteiger partial charge in [0.2, 0.25) is 5.43 Å². The van der Waals surface area contributed by atoms with Crippen molar-refractivity contribution in [2.75, 3.05) is 13.7 Å². The number of rotatable bonds is 8. The SMILES string of the molecule is COc1ccccc1-c1coc2cc(OC(=O)CCCOc3ccccc3Cl)ccc2c1=O. The predicted octanol–water partition coefficient (Wildman–Crippen LogP) is 5.89. The van der Waals surface area contributed by atoms with Gasteiger partial charge in [0.1, 0.15) is 29.1 Å². The van der Waals surface area contributed by atoms with Crippen LogP contribution in [0.15, 0.2) is 82.2 Å². The Kier molecular flexibility index (Phi) is 6.95. The molecule has 0 aliphatic rings. The summed E-state index contributed by atoms with van der Waals surface area (Å²) in [6.07, 6.45) is 2.02. The van der Waals surface area contributed by atoms with E-state index in [1.807, 2.05) is 24.3 Å². The highest BCUT2D eigenvalue weighted by Crippen LogP contribution is 2.29. The summed E-state index contributed by atoms with van der Waals surface area (Å²) in [5.41, 5.74) is 1.16. The highest BCUT2D eigenvalue weighted by atomic mass is 35.5. The Labute approximate surface area is 195 Å². The maximum absolute atomic E-state index is 13.0. The third-order valence-corrected chi connectivity index (χ3v) is 5.31. The van der Waals surface area contributed by atoms with Crippen LogP contribution in [0.4, 0.5) is 0 Å². The molecule has 0 saturated carbocycles. The molecule has 1 aromatic heterocycles. The van der Waals surface area contributed by atoms with E-state index in [-0.39, 0.29) is 11.8 Å². The monoisotopic (exact) mass is 464 g/mol. The van der Waals surface area contributed by atoms with Crippen molar-refractivity contribution in [3.63, 3.8) is 0 Å². The molecule has 0 spiro atoms. The van der Waals surface area contributed by atoms with Gasteiger partial charge in [0.15, 0.2) is 0 Å². The molecular weight excluding hydrogens is 444 g/mol. The van der Waals surface area contributed by atoms with E-state index in [4.69, 9.17) is 30.2 Å². The Morgan fingerprint density at radius 3 is 2.52 bits per heavy atom. The predicted molar refractivity (Wildman–Crippen MR) is 126 cm³/mol. The fraction of sp³-hybridized carbons (Fsp3) is 0.154. The number of para-hydroxylation sites is 2. The van der Waals surface area contributed by atoms with Crippen molar-refractivity contribution in [1.29, 1.82) is 0 Å². The fourth-order valence-electron chi connectivity index (χ4n) is 3.37. The molecular formula is C26H21ClO6. The largest absolute Gasteiger partial charge is 0.496 e. The first-order chi connectivity index (χ1) is 16.1. The lowest BCUT2D eigenvalue weighted by Crippen LogP contribution is -2.10. The summed E-state index contributed by atoms with van der Waals surface area (Å²) in [5.74, 6) is 1.04. The van der Waals surface area contributed by atoms with Crippen molar-refractivity contribution in [3.8, 4) is 28.4 Å². The van der Waals surface area contributed by atoms with Crippen LogP contribution in [0.3, 0.4) is 0 Å². The molecule has 0 aliphatic heterocycles. The van der Waals surface area contributed by atoms with Gasteiger partial charge in [-0.15, -0.1) is 0 Å². The second-order valence-electron chi connectivity index (χ2n) is 7.19. The lowest BCUT2D eigenvalue weighted by Gasteiger charge is -2.09. The van der Waals surface area contributed by atoms with Crippen LogP contribution >= 0.6 is 11.6 Å². The molecule has 6 nitrogen and oxygen atoms in total. The van der Waals surface area contributed by atoms with Gasteiger partial charge in [0.05, 0.1) is 29.7 Å². The number of hydrogen-bond acceptors (Lipinski definition) is 6. The number of methoxy groups -OCH3 is 1. The van der Waals surface area contributed by atoms with Crippen LogP contribution in [-0.4, -0.2) is 19.7 Å². The van der Waals surface area contributed by atoms with Gasteiger partial charge in [-0.3, -0.25) is 9.59 Å². The molecule has 4 rings (SSSR count). The van der Waals surface area contributed by atoms with E-state index in [1.54, 1.807) is 43.5 Å². The maximum atomic E-state index is 13.0. The minimum absolute atomic E-state index is 0.166. The lowest BCUT2D eigenvalue weighted by molar-refractivity contribution is -0.134. The number of carbonyl (C=O) groups is 1. The van der Waals surface area contributed by atoms with Crippen LogP contribution in [0.5, 0.6) is 17.2 Å². The van der Waals surface area contributed by atoms with Crippen molar-refractivity contribution in [2.45, 2.75) is 12.8 Å². The van der Waals surface area contributed by atoms with E-state index in [1.165, 1.54) is 12.3 Å². The van der Waals surface area contributed by atoms with Gasteiger partial charge in [-0.2, -0.15) is 0 Å². The molecule has 1 heterocycles. The summed E-state index contributed by atoms with van der Waals surface area (Å²) in [7, 11) is 1.55. The van der Waals surface area contributed by atoms with Gasteiger partial charge >= 0.3 is 5.97 Å². The molecule has 4 aromatic rings. The molecule has 33 heavy (non-hydrogen) atoms. The van der Waals surface area contributed by atoms with E-state index < -0.39 is 5.97 Å². The summed E-state index contributed by atoms with van der Waals surface area (Å²) in [4.78, 5) is 25.2. The van der Waals surface area contributed by atoms with E-state index in [0.717, 1.165) is 0 Å². The Hall–Kier alpha value is -3.77.